The third kappa shape index (κ3) is 2.93. The second-order valence-electron chi connectivity index (χ2n) is 5.44. The Balaban J connectivity index is 2.05. The molecule has 3 rings (SSSR count). The molecule has 124 valence electrons. The smallest absolute Gasteiger partial charge is 0.200 e. The maximum Gasteiger partial charge on any atom is 0.200 e. The number of anilines is 1. The van der Waals surface area contributed by atoms with Gasteiger partial charge in [-0.05, 0) is 36.2 Å². The Bertz CT molecular complexity index is 930. The normalized spacial score (nSPS) is 10.8. The fourth-order valence-corrected chi connectivity index (χ4v) is 2.52. The van der Waals surface area contributed by atoms with Gasteiger partial charge < -0.3 is 19.6 Å². The van der Waals surface area contributed by atoms with E-state index >= 15 is 0 Å². The zero-order valence-corrected chi connectivity index (χ0v) is 13.7. The van der Waals surface area contributed by atoms with Gasteiger partial charge in [-0.3, -0.25) is 4.79 Å². The van der Waals surface area contributed by atoms with E-state index in [9.17, 15) is 4.79 Å². The van der Waals surface area contributed by atoms with Crippen molar-refractivity contribution in [3.8, 4) is 22.6 Å². The lowest BCUT2D eigenvalue weighted by molar-refractivity contribution is 0.317. The molecular formula is C19H19NO4. The maximum absolute atomic E-state index is 12.7. The molecule has 5 nitrogen and oxygen atoms in total. The number of nitrogens with two attached hydrogens (primary N) is 1. The molecular weight excluding hydrogens is 306 g/mol. The lowest BCUT2D eigenvalue weighted by Gasteiger charge is -2.08. The van der Waals surface area contributed by atoms with Gasteiger partial charge in [0.25, 0.3) is 0 Å². The molecule has 1 aromatic heterocycles. The van der Waals surface area contributed by atoms with Crippen LogP contribution < -0.4 is 20.6 Å². The summed E-state index contributed by atoms with van der Waals surface area (Å²) in [5, 5.41) is 0.505. The van der Waals surface area contributed by atoms with Crippen molar-refractivity contribution in [1.82, 2.24) is 0 Å². The van der Waals surface area contributed by atoms with E-state index in [4.69, 9.17) is 19.6 Å². The number of hydrogen-bond acceptors (Lipinski definition) is 5. The predicted molar refractivity (Wildman–Crippen MR) is 94.7 cm³/mol. The highest BCUT2D eigenvalue weighted by molar-refractivity contribution is 5.83. The van der Waals surface area contributed by atoms with Gasteiger partial charge in [0.1, 0.15) is 23.3 Å². The molecule has 24 heavy (non-hydrogen) atoms. The number of nitrogen functional groups attached to an aromatic ring is 1. The summed E-state index contributed by atoms with van der Waals surface area (Å²) in [7, 11) is 1.55. The van der Waals surface area contributed by atoms with Gasteiger partial charge in [-0.2, -0.15) is 0 Å². The Morgan fingerprint density at radius 2 is 2.00 bits per heavy atom. The highest BCUT2D eigenvalue weighted by atomic mass is 16.5. The van der Waals surface area contributed by atoms with Gasteiger partial charge in [0, 0.05) is 6.07 Å². The van der Waals surface area contributed by atoms with Gasteiger partial charge in [-0.1, -0.05) is 13.0 Å². The first-order valence-corrected chi connectivity index (χ1v) is 7.76. The lowest BCUT2D eigenvalue weighted by Crippen LogP contribution is -2.05. The molecule has 3 aromatic rings. The predicted octanol–water partition coefficient (Wildman–Crippen LogP) is 3.84. The molecule has 0 atom stereocenters. The SMILES string of the molecule is CCCOc1ccc2c(=O)c(-c3ccc(OC)c(N)c3)coc2c1. The molecule has 0 saturated heterocycles. The molecule has 2 aromatic carbocycles. The molecule has 0 aliphatic carbocycles. The first-order valence-electron chi connectivity index (χ1n) is 7.76. The van der Waals surface area contributed by atoms with Crippen LogP contribution in [0.4, 0.5) is 5.69 Å². The van der Waals surface area contributed by atoms with Crippen molar-refractivity contribution < 1.29 is 13.9 Å². The summed E-state index contributed by atoms with van der Waals surface area (Å²) in [5.74, 6) is 1.26. The fraction of sp³-hybridized carbons (Fsp3) is 0.211. The summed E-state index contributed by atoms with van der Waals surface area (Å²) in [6.07, 6.45) is 2.37. The van der Waals surface area contributed by atoms with Crippen molar-refractivity contribution in [2.75, 3.05) is 19.5 Å². The average Bonchev–Trinajstić information content (AvgIpc) is 2.60. The molecule has 0 amide bonds. The second kappa shape index (κ2) is 6.66. The highest BCUT2D eigenvalue weighted by Gasteiger charge is 2.11. The zero-order chi connectivity index (χ0) is 17.1. The van der Waals surface area contributed by atoms with Crippen LogP contribution in [0.15, 0.2) is 51.9 Å². The molecule has 0 saturated carbocycles. The Kier molecular flexibility index (Phi) is 4.42. The highest BCUT2D eigenvalue weighted by Crippen LogP contribution is 2.28. The standard InChI is InChI=1S/C19H19NO4/c1-3-8-23-13-5-6-14-18(10-13)24-11-15(19(14)21)12-4-7-17(22-2)16(20)9-12/h4-7,9-11H,3,8,20H2,1-2H3. The summed E-state index contributed by atoms with van der Waals surface area (Å²) in [5.41, 5.74) is 7.93. The number of methoxy groups -OCH3 is 1. The topological polar surface area (TPSA) is 74.7 Å². The van der Waals surface area contributed by atoms with Crippen molar-refractivity contribution in [3.63, 3.8) is 0 Å². The van der Waals surface area contributed by atoms with E-state index in [2.05, 4.69) is 0 Å². The minimum atomic E-state index is -0.108. The van der Waals surface area contributed by atoms with E-state index in [1.165, 1.54) is 6.26 Å². The molecule has 0 unspecified atom stereocenters. The Hall–Kier alpha value is -2.95. The number of hydrogen-bond donors (Lipinski definition) is 1. The van der Waals surface area contributed by atoms with Crippen LogP contribution in [0.2, 0.25) is 0 Å². The first-order chi connectivity index (χ1) is 11.6. The molecule has 1 heterocycles. The monoisotopic (exact) mass is 325 g/mol. The number of fused-ring (bicyclic) bond motifs is 1. The van der Waals surface area contributed by atoms with E-state index in [-0.39, 0.29) is 5.43 Å². The van der Waals surface area contributed by atoms with Gasteiger partial charge in [0.2, 0.25) is 0 Å². The van der Waals surface area contributed by atoms with Crippen LogP contribution in [0.25, 0.3) is 22.1 Å². The third-order valence-corrected chi connectivity index (χ3v) is 3.76. The van der Waals surface area contributed by atoms with Crippen molar-refractivity contribution in [2.45, 2.75) is 13.3 Å². The van der Waals surface area contributed by atoms with Gasteiger partial charge in [0.15, 0.2) is 5.43 Å². The van der Waals surface area contributed by atoms with E-state index in [0.29, 0.717) is 45.9 Å². The number of benzene rings is 2. The molecule has 5 heteroatoms. The molecule has 2 N–H and O–H groups in total. The minimum absolute atomic E-state index is 0.108. The zero-order valence-electron chi connectivity index (χ0n) is 13.7. The Morgan fingerprint density at radius 1 is 1.17 bits per heavy atom. The summed E-state index contributed by atoms with van der Waals surface area (Å²) >= 11 is 0. The summed E-state index contributed by atoms with van der Waals surface area (Å²) < 4.78 is 16.4. The van der Waals surface area contributed by atoms with Crippen molar-refractivity contribution in [2.24, 2.45) is 0 Å². The molecule has 0 aliphatic rings. The minimum Gasteiger partial charge on any atom is -0.495 e. The van der Waals surface area contributed by atoms with Crippen molar-refractivity contribution in [1.29, 1.82) is 0 Å². The number of rotatable bonds is 5. The summed E-state index contributed by atoms with van der Waals surface area (Å²) in [4.78, 5) is 12.7. The van der Waals surface area contributed by atoms with Crippen LogP contribution in [0.3, 0.4) is 0 Å². The van der Waals surface area contributed by atoms with Crippen LogP contribution in [0.5, 0.6) is 11.5 Å². The van der Waals surface area contributed by atoms with Crippen molar-refractivity contribution in [3.05, 3.63) is 52.9 Å². The van der Waals surface area contributed by atoms with Crippen LogP contribution >= 0.6 is 0 Å². The van der Waals surface area contributed by atoms with Crippen LogP contribution in [0, 0.1) is 0 Å². The first kappa shape index (κ1) is 15.9. The number of ether oxygens (including phenoxy) is 2. The average molecular weight is 325 g/mol. The van der Waals surface area contributed by atoms with Crippen molar-refractivity contribution >= 4 is 16.7 Å². The molecule has 0 radical (unpaired) electrons. The fourth-order valence-electron chi connectivity index (χ4n) is 2.52. The summed E-state index contributed by atoms with van der Waals surface area (Å²) in [6.45, 7) is 2.66. The van der Waals surface area contributed by atoms with E-state index in [0.717, 1.165) is 6.42 Å². The lowest BCUT2D eigenvalue weighted by atomic mass is 10.0. The molecule has 0 aliphatic heterocycles. The Morgan fingerprint density at radius 3 is 2.71 bits per heavy atom. The molecule has 0 spiro atoms. The van der Waals surface area contributed by atoms with E-state index < -0.39 is 0 Å². The van der Waals surface area contributed by atoms with Gasteiger partial charge in [0.05, 0.1) is 30.4 Å². The van der Waals surface area contributed by atoms with Crippen LogP contribution in [-0.2, 0) is 0 Å². The van der Waals surface area contributed by atoms with Gasteiger partial charge in [-0.25, -0.2) is 0 Å². The molecule has 0 bridgehead atoms. The third-order valence-electron chi connectivity index (χ3n) is 3.76. The molecule has 0 fully saturated rings. The quantitative estimate of drug-likeness (QED) is 0.721. The summed E-state index contributed by atoms with van der Waals surface area (Å²) in [6, 6.07) is 10.5. The van der Waals surface area contributed by atoms with E-state index in [1.807, 2.05) is 6.92 Å². The van der Waals surface area contributed by atoms with Crippen LogP contribution in [-0.4, -0.2) is 13.7 Å². The van der Waals surface area contributed by atoms with E-state index in [1.54, 1.807) is 43.5 Å². The maximum atomic E-state index is 12.7. The van der Waals surface area contributed by atoms with Gasteiger partial charge in [-0.15, -0.1) is 0 Å². The second-order valence-corrected chi connectivity index (χ2v) is 5.44. The van der Waals surface area contributed by atoms with Gasteiger partial charge >= 0.3 is 0 Å². The Labute approximate surface area is 139 Å². The van der Waals surface area contributed by atoms with Crippen LogP contribution in [0.1, 0.15) is 13.3 Å². The largest absolute Gasteiger partial charge is 0.495 e.